The van der Waals surface area contributed by atoms with Crippen LogP contribution in [0.1, 0.15) is 30.7 Å². The first-order chi connectivity index (χ1) is 15.7. The van der Waals surface area contributed by atoms with E-state index in [9.17, 15) is 21.6 Å². The number of fused-ring (bicyclic) bond motifs is 1. The largest absolute Gasteiger partial charge is 0.396 e. The van der Waals surface area contributed by atoms with E-state index in [-0.39, 0.29) is 37.0 Å². The molecule has 1 fully saturated rings. The van der Waals surface area contributed by atoms with Crippen molar-refractivity contribution in [3.63, 3.8) is 0 Å². The number of hydrogen-bond acceptors (Lipinski definition) is 3. The van der Waals surface area contributed by atoms with Crippen molar-refractivity contribution >= 4 is 21.1 Å². The van der Waals surface area contributed by atoms with Gasteiger partial charge in [0, 0.05) is 38.2 Å². The number of nitrogens with one attached hydrogen (secondary N) is 2. The maximum absolute atomic E-state index is 14.5. The highest BCUT2D eigenvalue weighted by atomic mass is 32.2. The van der Waals surface area contributed by atoms with Gasteiger partial charge in [0.25, 0.3) is 10.2 Å². The summed E-state index contributed by atoms with van der Waals surface area (Å²) in [5, 5.41) is 9.33. The van der Waals surface area contributed by atoms with Crippen molar-refractivity contribution in [3.8, 4) is 11.3 Å². The number of rotatable bonds is 9. The minimum Gasteiger partial charge on any atom is -0.396 e. The number of halogens is 3. The van der Waals surface area contributed by atoms with Crippen molar-refractivity contribution in [2.45, 2.75) is 25.2 Å². The quantitative estimate of drug-likeness (QED) is 0.434. The second kappa shape index (κ2) is 9.46. The van der Waals surface area contributed by atoms with Gasteiger partial charge in [-0.1, -0.05) is 0 Å². The third-order valence-electron chi connectivity index (χ3n) is 6.24. The first-order valence-electron chi connectivity index (χ1n) is 10.8. The summed E-state index contributed by atoms with van der Waals surface area (Å²) in [4.78, 5) is 3.05. The van der Waals surface area contributed by atoms with Crippen LogP contribution in [0.4, 0.5) is 13.2 Å². The lowest BCUT2D eigenvalue weighted by molar-refractivity contribution is 0.262. The molecular formula is C23H26F3N3O3S. The average molecular weight is 482 g/mol. The Morgan fingerprint density at radius 1 is 1.12 bits per heavy atom. The van der Waals surface area contributed by atoms with Crippen LogP contribution in [0.25, 0.3) is 22.2 Å². The van der Waals surface area contributed by atoms with Gasteiger partial charge in [-0.25, -0.2) is 17.9 Å². The highest BCUT2D eigenvalue weighted by Gasteiger charge is 2.35. The van der Waals surface area contributed by atoms with Crippen LogP contribution in [0.2, 0.25) is 0 Å². The molecule has 0 unspecified atom stereocenters. The lowest BCUT2D eigenvalue weighted by Crippen LogP contribution is -2.42. The minimum atomic E-state index is -3.64. The van der Waals surface area contributed by atoms with E-state index in [1.165, 1.54) is 25.2 Å². The molecule has 1 aliphatic rings. The minimum absolute atomic E-state index is 0.0263. The van der Waals surface area contributed by atoms with Gasteiger partial charge in [0.05, 0.1) is 11.2 Å². The van der Waals surface area contributed by atoms with Gasteiger partial charge in [-0.05, 0) is 72.6 Å². The SMILES string of the molecule is CN(CCCO)S(=O)(=O)NCC1CC(c2c(-c3ccc(F)cc3)[nH]c3c(F)cc(F)cc23)C1. The second-order valence-electron chi connectivity index (χ2n) is 8.52. The molecule has 1 heterocycles. The number of nitrogens with zero attached hydrogens (tertiary/aromatic N) is 1. The topological polar surface area (TPSA) is 85.4 Å². The molecule has 0 bridgehead atoms. The zero-order valence-electron chi connectivity index (χ0n) is 18.1. The molecule has 3 N–H and O–H groups in total. The normalized spacial score (nSPS) is 18.7. The van der Waals surface area contributed by atoms with Crippen LogP contribution in [0, 0.1) is 23.4 Å². The molecule has 0 atom stereocenters. The van der Waals surface area contributed by atoms with E-state index in [4.69, 9.17) is 5.11 Å². The Labute approximate surface area is 190 Å². The number of H-pyrrole nitrogens is 1. The summed E-state index contributed by atoms with van der Waals surface area (Å²) in [6.45, 7) is 0.373. The smallest absolute Gasteiger partial charge is 0.279 e. The van der Waals surface area contributed by atoms with Crippen LogP contribution in [0.5, 0.6) is 0 Å². The number of aromatic nitrogens is 1. The molecule has 0 spiro atoms. The Morgan fingerprint density at radius 2 is 1.82 bits per heavy atom. The maximum atomic E-state index is 14.5. The Hall–Kier alpha value is -2.40. The van der Waals surface area contributed by atoms with Crippen LogP contribution in [-0.2, 0) is 10.2 Å². The zero-order chi connectivity index (χ0) is 23.8. The number of benzene rings is 2. The fourth-order valence-corrected chi connectivity index (χ4v) is 5.43. The summed E-state index contributed by atoms with van der Waals surface area (Å²) >= 11 is 0. The molecule has 1 saturated carbocycles. The van der Waals surface area contributed by atoms with E-state index >= 15 is 0 Å². The molecule has 3 aromatic rings. The molecule has 0 radical (unpaired) electrons. The Kier molecular flexibility index (Phi) is 6.81. The first-order valence-corrected chi connectivity index (χ1v) is 12.2. The van der Waals surface area contributed by atoms with Gasteiger partial charge in [-0.2, -0.15) is 12.7 Å². The summed E-state index contributed by atoms with van der Waals surface area (Å²) in [6.07, 6.45) is 1.63. The fourth-order valence-electron chi connectivity index (χ4n) is 4.39. The van der Waals surface area contributed by atoms with Gasteiger partial charge in [0.1, 0.15) is 17.5 Å². The summed E-state index contributed by atoms with van der Waals surface area (Å²) < 4.78 is 70.3. The number of aliphatic hydroxyl groups is 1. The summed E-state index contributed by atoms with van der Waals surface area (Å²) in [7, 11) is -2.19. The van der Waals surface area contributed by atoms with Crippen LogP contribution in [0.15, 0.2) is 36.4 Å². The van der Waals surface area contributed by atoms with Gasteiger partial charge in [-0.15, -0.1) is 0 Å². The fraction of sp³-hybridized carbons (Fsp3) is 0.391. The molecule has 6 nitrogen and oxygen atoms in total. The summed E-state index contributed by atoms with van der Waals surface area (Å²) in [5.74, 6) is -1.73. The van der Waals surface area contributed by atoms with E-state index in [1.54, 1.807) is 12.1 Å². The molecule has 178 valence electrons. The van der Waals surface area contributed by atoms with Crippen LogP contribution >= 0.6 is 0 Å². The van der Waals surface area contributed by atoms with E-state index < -0.39 is 27.7 Å². The molecule has 4 rings (SSSR count). The van der Waals surface area contributed by atoms with Crippen LogP contribution in [0.3, 0.4) is 0 Å². The second-order valence-corrected chi connectivity index (χ2v) is 10.4. The van der Waals surface area contributed by atoms with Gasteiger partial charge in [0.15, 0.2) is 0 Å². The van der Waals surface area contributed by atoms with E-state index in [2.05, 4.69) is 9.71 Å². The van der Waals surface area contributed by atoms with Crippen molar-refractivity contribution < 1.29 is 26.7 Å². The highest BCUT2D eigenvalue weighted by Crippen LogP contribution is 2.48. The summed E-state index contributed by atoms with van der Waals surface area (Å²) in [5.41, 5.74) is 2.23. The molecule has 0 aliphatic heterocycles. The lowest BCUT2D eigenvalue weighted by atomic mass is 9.70. The van der Waals surface area contributed by atoms with Crippen molar-refractivity contribution in [2.75, 3.05) is 26.7 Å². The molecule has 0 amide bonds. The van der Waals surface area contributed by atoms with Crippen molar-refractivity contribution in [1.82, 2.24) is 14.0 Å². The Bertz CT molecular complexity index is 1240. The Morgan fingerprint density at radius 3 is 2.48 bits per heavy atom. The number of hydrogen-bond donors (Lipinski definition) is 3. The predicted molar refractivity (Wildman–Crippen MR) is 120 cm³/mol. The van der Waals surface area contributed by atoms with Crippen LogP contribution < -0.4 is 4.72 Å². The van der Waals surface area contributed by atoms with Gasteiger partial charge < -0.3 is 10.1 Å². The molecule has 1 aromatic heterocycles. The molecule has 1 aliphatic carbocycles. The first kappa shape index (κ1) is 23.7. The molecule has 10 heteroatoms. The molecular weight excluding hydrogens is 455 g/mol. The number of aromatic amines is 1. The average Bonchev–Trinajstić information content (AvgIpc) is 3.10. The zero-order valence-corrected chi connectivity index (χ0v) is 18.9. The van der Waals surface area contributed by atoms with Gasteiger partial charge in [0.2, 0.25) is 0 Å². The predicted octanol–water partition coefficient (Wildman–Crippen LogP) is 3.89. The molecule has 2 aromatic carbocycles. The van der Waals surface area contributed by atoms with Crippen molar-refractivity contribution in [1.29, 1.82) is 0 Å². The number of aliphatic hydroxyl groups excluding tert-OH is 1. The van der Waals surface area contributed by atoms with Gasteiger partial charge >= 0.3 is 0 Å². The molecule has 33 heavy (non-hydrogen) atoms. The third kappa shape index (κ3) is 4.93. The molecule has 0 saturated heterocycles. The standard InChI is InChI=1S/C23H26F3N3O3S/c1-29(7-2-8-30)33(31,32)27-13-14-9-16(10-14)21-19-11-18(25)12-20(26)23(19)28-22(21)15-3-5-17(24)6-4-15/h3-6,11-12,14,16,27-28,30H,2,7-10,13H2,1H3. The third-order valence-corrected chi connectivity index (χ3v) is 7.77. The summed E-state index contributed by atoms with van der Waals surface area (Å²) in [6, 6.07) is 7.92. The lowest BCUT2D eigenvalue weighted by Gasteiger charge is -2.36. The Balaban J connectivity index is 1.54. The monoisotopic (exact) mass is 481 g/mol. The highest BCUT2D eigenvalue weighted by molar-refractivity contribution is 7.87. The maximum Gasteiger partial charge on any atom is 0.279 e. The van der Waals surface area contributed by atoms with E-state index in [0.29, 0.717) is 35.9 Å². The van der Waals surface area contributed by atoms with E-state index in [1.807, 2.05) is 0 Å². The van der Waals surface area contributed by atoms with Crippen LogP contribution in [-0.4, -0.2) is 49.6 Å². The van der Waals surface area contributed by atoms with Crippen molar-refractivity contribution in [2.24, 2.45) is 5.92 Å². The van der Waals surface area contributed by atoms with Gasteiger partial charge in [-0.3, -0.25) is 0 Å². The van der Waals surface area contributed by atoms with Crippen molar-refractivity contribution in [3.05, 3.63) is 59.4 Å². The van der Waals surface area contributed by atoms with E-state index in [0.717, 1.165) is 15.9 Å².